The van der Waals surface area contributed by atoms with E-state index in [1.807, 2.05) is 0 Å². The quantitative estimate of drug-likeness (QED) is 0.687. The SMILES string of the molecule is CCN(CC)CCN[C@@H](C)C1CCCCCC1. The molecule has 1 aliphatic rings. The van der Waals surface area contributed by atoms with Crippen LogP contribution in [-0.2, 0) is 0 Å². The van der Waals surface area contributed by atoms with E-state index < -0.39 is 0 Å². The summed E-state index contributed by atoms with van der Waals surface area (Å²) in [5.74, 6) is 0.925. The first kappa shape index (κ1) is 15.0. The minimum atomic E-state index is 0.712. The highest BCUT2D eigenvalue weighted by Gasteiger charge is 2.18. The van der Waals surface area contributed by atoms with Crippen molar-refractivity contribution >= 4 is 0 Å². The monoisotopic (exact) mass is 240 g/mol. The molecule has 2 nitrogen and oxygen atoms in total. The molecule has 1 fully saturated rings. The predicted molar refractivity (Wildman–Crippen MR) is 76.4 cm³/mol. The van der Waals surface area contributed by atoms with Crippen molar-refractivity contribution in [2.45, 2.75) is 65.3 Å². The molecule has 0 amide bonds. The molecule has 1 atom stereocenters. The number of hydrogen-bond acceptors (Lipinski definition) is 2. The molecule has 0 aromatic heterocycles. The highest BCUT2D eigenvalue weighted by Crippen LogP contribution is 2.25. The first-order valence-corrected chi connectivity index (χ1v) is 7.73. The smallest absolute Gasteiger partial charge is 0.0107 e. The van der Waals surface area contributed by atoms with Crippen molar-refractivity contribution in [1.29, 1.82) is 0 Å². The molecule has 0 unspecified atom stereocenters. The van der Waals surface area contributed by atoms with Crippen LogP contribution in [0.2, 0.25) is 0 Å². The van der Waals surface area contributed by atoms with Crippen molar-refractivity contribution in [2.24, 2.45) is 5.92 Å². The van der Waals surface area contributed by atoms with Gasteiger partial charge in [0.2, 0.25) is 0 Å². The zero-order valence-corrected chi connectivity index (χ0v) is 12.2. The topological polar surface area (TPSA) is 15.3 Å². The second-order valence-electron chi connectivity index (χ2n) is 5.52. The van der Waals surface area contributed by atoms with Crippen LogP contribution in [-0.4, -0.2) is 37.1 Å². The molecule has 1 aliphatic carbocycles. The Morgan fingerprint density at radius 3 is 2.18 bits per heavy atom. The summed E-state index contributed by atoms with van der Waals surface area (Å²) in [5, 5.41) is 3.74. The first-order chi connectivity index (χ1) is 8.27. The van der Waals surface area contributed by atoms with Crippen molar-refractivity contribution in [2.75, 3.05) is 26.2 Å². The van der Waals surface area contributed by atoms with Crippen molar-refractivity contribution < 1.29 is 0 Å². The molecule has 0 aliphatic heterocycles. The van der Waals surface area contributed by atoms with E-state index in [-0.39, 0.29) is 0 Å². The van der Waals surface area contributed by atoms with Gasteiger partial charge in [0.1, 0.15) is 0 Å². The van der Waals surface area contributed by atoms with Gasteiger partial charge in [-0.1, -0.05) is 39.5 Å². The molecule has 1 saturated carbocycles. The zero-order chi connectivity index (χ0) is 12.5. The van der Waals surface area contributed by atoms with Gasteiger partial charge in [0.15, 0.2) is 0 Å². The number of nitrogens with one attached hydrogen (secondary N) is 1. The van der Waals surface area contributed by atoms with E-state index in [0.29, 0.717) is 6.04 Å². The predicted octanol–water partition coefficient (Wildman–Crippen LogP) is 3.28. The summed E-state index contributed by atoms with van der Waals surface area (Å²) in [4.78, 5) is 2.49. The van der Waals surface area contributed by atoms with Gasteiger partial charge in [-0.05, 0) is 38.8 Å². The Bertz CT molecular complexity index is 170. The van der Waals surface area contributed by atoms with Gasteiger partial charge in [-0.25, -0.2) is 0 Å². The van der Waals surface area contributed by atoms with Crippen LogP contribution < -0.4 is 5.32 Å². The molecule has 17 heavy (non-hydrogen) atoms. The third-order valence-electron chi connectivity index (χ3n) is 4.40. The highest BCUT2D eigenvalue weighted by molar-refractivity contribution is 4.75. The molecule has 0 spiro atoms. The average Bonchev–Trinajstić information content (AvgIpc) is 2.63. The fraction of sp³-hybridized carbons (Fsp3) is 1.00. The van der Waals surface area contributed by atoms with Gasteiger partial charge >= 0.3 is 0 Å². The lowest BCUT2D eigenvalue weighted by Gasteiger charge is -2.25. The van der Waals surface area contributed by atoms with E-state index in [1.54, 1.807) is 0 Å². The summed E-state index contributed by atoms with van der Waals surface area (Å²) in [7, 11) is 0. The highest BCUT2D eigenvalue weighted by atomic mass is 15.1. The van der Waals surface area contributed by atoms with Crippen molar-refractivity contribution in [3.63, 3.8) is 0 Å². The maximum Gasteiger partial charge on any atom is 0.0107 e. The molecule has 0 saturated heterocycles. The van der Waals surface area contributed by atoms with Gasteiger partial charge in [-0.2, -0.15) is 0 Å². The van der Waals surface area contributed by atoms with Gasteiger partial charge < -0.3 is 10.2 Å². The summed E-state index contributed by atoms with van der Waals surface area (Å²) in [6.07, 6.45) is 8.71. The van der Waals surface area contributed by atoms with Crippen LogP contribution >= 0.6 is 0 Å². The normalized spacial score (nSPS) is 20.5. The lowest BCUT2D eigenvalue weighted by atomic mass is 9.93. The molecule has 102 valence electrons. The molecule has 0 bridgehead atoms. The van der Waals surface area contributed by atoms with Crippen molar-refractivity contribution in [1.82, 2.24) is 10.2 Å². The Morgan fingerprint density at radius 1 is 1.06 bits per heavy atom. The van der Waals surface area contributed by atoms with E-state index in [2.05, 4.69) is 31.0 Å². The van der Waals surface area contributed by atoms with Crippen LogP contribution in [0.15, 0.2) is 0 Å². The minimum Gasteiger partial charge on any atom is -0.313 e. The van der Waals surface area contributed by atoms with E-state index in [4.69, 9.17) is 0 Å². The number of rotatable bonds is 7. The van der Waals surface area contributed by atoms with Crippen LogP contribution in [0.4, 0.5) is 0 Å². The lowest BCUT2D eigenvalue weighted by Crippen LogP contribution is -2.39. The third-order valence-corrected chi connectivity index (χ3v) is 4.40. The van der Waals surface area contributed by atoms with Gasteiger partial charge in [0, 0.05) is 19.1 Å². The van der Waals surface area contributed by atoms with Crippen molar-refractivity contribution in [3.05, 3.63) is 0 Å². The molecule has 0 heterocycles. The maximum absolute atomic E-state index is 3.74. The van der Waals surface area contributed by atoms with Crippen LogP contribution in [0.25, 0.3) is 0 Å². The molecule has 1 rings (SSSR count). The first-order valence-electron chi connectivity index (χ1n) is 7.73. The minimum absolute atomic E-state index is 0.712. The van der Waals surface area contributed by atoms with Crippen LogP contribution in [0.5, 0.6) is 0 Å². The van der Waals surface area contributed by atoms with Crippen LogP contribution in [0.3, 0.4) is 0 Å². The van der Waals surface area contributed by atoms with Gasteiger partial charge in [0.05, 0.1) is 0 Å². The van der Waals surface area contributed by atoms with Gasteiger partial charge in [0.25, 0.3) is 0 Å². The number of hydrogen-bond donors (Lipinski definition) is 1. The summed E-state index contributed by atoms with van der Waals surface area (Å²) in [6, 6.07) is 0.712. The second-order valence-corrected chi connectivity index (χ2v) is 5.52. The molecule has 1 N–H and O–H groups in total. The van der Waals surface area contributed by atoms with E-state index in [0.717, 1.165) is 12.5 Å². The van der Waals surface area contributed by atoms with E-state index in [1.165, 1.54) is 58.2 Å². The van der Waals surface area contributed by atoms with E-state index >= 15 is 0 Å². The maximum atomic E-state index is 3.74. The van der Waals surface area contributed by atoms with Gasteiger partial charge in [-0.3, -0.25) is 0 Å². The molecular formula is C15H32N2. The van der Waals surface area contributed by atoms with Crippen molar-refractivity contribution in [3.8, 4) is 0 Å². The molecular weight excluding hydrogens is 208 g/mol. The molecule has 0 aromatic carbocycles. The summed E-state index contributed by atoms with van der Waals surface area (Å²) in [5.41, 5.74) is 0. The Hall–Kier alpha value is -0.0800. The largest absolute Gasteiger partial charge is 0.313 e. The fourth-order valence-electron chi connectivity index (χ4n) is 2.97. The molecule has 0 radical (unpaired) electrons. The standard InChI is InChI=1S/C15H32N2/c1-4-17(5-2)13-12-16-14(3)15-10-8-6-7-9-11-15/h14-16H,4-13H2,1-3H3/t14-/m0/s1. The Balaban J connectivity index is 2.16. The number of likely N-dealkylation sites (N-methyl/N-ethyl adjacent to an activating group) is 1. The average molecular weight is 240 g/mol. The fourth-order valence-corrected chi connectivity index (χ4v) is 2.97. The Morgan fingerprint density at radius 2 is 1.65 bits per heavy atom. The molecule has 2 heteroatoms. The second kappa shape index (κ2) is 8.93. The molecule has 0 aromatic rings. The summed E-state index contributed by atoms with van der Waals surface area (Å²) >= 11 is 0. The summed E-state index contributed by atoms with van der Waals surface area (Å²) < 4.78 is 0. The summed E-state index contributed by atoms with van der Waals surface area (Å²) in [6.45, 7) is 11.6. The van der Waals surface area contributed by atoms with Gasteiger partial charge in [-0.15, -0.1) is 0 Å². The van der Waals surface area contributed by atoms with Crippen LogP contribution in [0.1, 0.15) is 59.3 Å². The van der Waals surface area contributed by atoms with Crippen LogP contribution in [0, 0.1) is 5.92 Å². The van der Waals surface area contributed by atoms with E-state index in [9.17, 15) is 0 Å². The Kier molecular flexibility index (Phi) is 7.87. The third kappa shape index (κ3) is 5.87. The Labute approximate surface area is 108 Å². The lowest BCUT2D eigenvalue weighted by molar-refractivity contribution is 0.277. The zero-order valence-electron chi connectivity index (χ0n) is 12.2. The number of nitrogens with zero attached hydrogens (tertiary/aromatic N) is 1.